The van der Waals surface area contributed by atoms with Gasteiger partial charge in [-0.05, 0) is 62.1 Å². The Kier molecular flexibility index (Phi) is 4.04. The molecule has 0 bridgehead atoms. The van der Waals surface area contributed by atoms with E-state index in [-0.39, 0.29) is 11.9 Å². The molecule has 1 aromatic carbocycles. The highest BCUT2D eigenvalue weighted by atomic mass is 32.1. The quantitative estimate of drug-likeness (QED) is 0.923. The number of rotatable bonds is 4. The topological polar surface area (TPSA) is 37.8 Å². The van der Waals surface area contributed by atoms with E-state index >= 15 is 0 Å². The van der Waals surface area contributed by atoms with E-state index < -0.39 is 0 Å². The van der Waals surface area contributed by atoms with Gasteiger partial charge in [-0.1, -0.05) is 10.6 Å². The summed E-state index contributed by atoms with van der Waals surface area (Å²) in [6.07, 6.45) is 0.741. The summed E-state index contributed by atoms with van der Waals surface area (Å²) < 4.78 is 17.2. The molecule has 0 spiro atoms. The molecule has 0 aliphatic rings. The Labute approximate surface area is 110 Å². The Balaban J connectivity index is 2.26. The summed E-state index contributed by atoms with van der Waals surface area (Å²) in [5.41, 5.74) is 3.06. The number of aromatic nitrogens is 2. The maximum absolute atomic E-state index is 13.3. The Bertz CT molecular complexity index is 539. The molecule has 0 radical (unpaired) electrons. The highest BCUT2D eigenvalue weighted by Crippen LogP contribution is 2.24. The third-order valence-corrected chi connectivity index (χ3v) is 4.03. The van der Waals surface area contributed by atoms with Crippen molar-refractivity contribution in [1.29, 1.82) is 0 Å². The molecule has 0 amide bonds. The third kappa shape index (κ3) is 2.73. The van der Waals surface area contributed by atoms with E-state index in [0.717, 1.165) is 28.1 Å². The van der Waals surface area contributed by atoms with E-state index in [2.05, 4.69) is 14.9 Å². The van der Waals surface area contributed by atoms with Gasteiger partial charge in [-0.15, -0.1) is 5.10 Å². The number of aryl methyl sites for hydroxylation is 2. The molecule has 1 atom stereocenters. The average Bonchev–Trinajstić information content (AvgIpc) is 2.77. The molecule has 3 nitrogen and oxygen atoms in total. The standard InChI is InChI=1S/C13H16FN3S/c1-8-4-5-11(14)6-10(8)7-12(15-3)13-9(2)16-17-18-13/h4-6,12,15H,7H2,1-3H3. The van der Waals surface area contributed by atoms with Gasteiger partial charge in [0, 0.05) is 6.04 Å². The third-order valence-electron chi connectivity index (χ3n) is 3.09. The Morgan fingerprint density at radius 1 is 1.39 bits per heavy atom. The van der Waals surface area contributed by atoms with Crippen molar-refractivity contribution >= 4 is 11.5 Å². The highest BCUT2D eigenvalue weighted by molar-refractivity contribution is 7.05. The summed E-state index contributed by atoms with van der Waals surface area (Å²) in [4.78, 5) is 1.11. The number of benzene rings is 1. The van der Waals surface area contributed by atoms with Gasteiger partial charge in [0.1, 0.15) is 5.82 Å². The Morgan fingerprint density at radius 3 is 2.78 bits per heavy atom. The molecule has 1 heterocycles. The molecule has 2 aromatic rings. The molecule has 18 heavy (non-hydrogen) atoms. The lowest BCUT2D eigenvalue weighted by Gasteiger charge is -2.16. The fraction of sp³-hybridized carbons (Fsp3) is 0.385. The average molecular weight is 265 g/mol. The predicted octanol–water partition coefficient (Wildman–Crippen LogP) is 2.80. The number of nitrogens with one attached hydrogen (secondary N) is 1. The van der Waals surface area contributed by atoms with Crippen LogP contribution >= 0.6 is 11.5 Å². The van der Waals surface area contributed by atoms with E-state index in [1.54, 1.807) is 6.07 Å². The fourth-order valence-electron chi connectivity index (χ4n) is 1.96. The summed E-state index contributed by atoms with van der Waals surface area (Å²) in [7, 11) is 1.90. The summed E-state index contributed by atoms with van der Waals surface area (Å²) in [5.74, 6) is -0.190. The maximum atomic E-state index is 13.3. The van der Waals surface area contributed by atoms with Crippen LogP contribution in [0.3, 0.4) is 0 Å². The molecule has 5 heteroatoms. The molecule has 1 N–H and O–H groups in total. The van der Waals surface area contributed by atoms with Crippen molar-refractivity contribution in [3.63, 3.8) is 0 Å². The number of halogens is 1. The van der Waals surface area contributed by atoms with E-state index in [0.29, 0.717) is 0 Å². The van der Waals surface area contributed by atoms with Crippen LogP contribution < -0.4 is 5.32 Å². The van der Waals surface area contributed by atoms with Crippen LogP contribution in [-0.2, 0) is 6.42 Å². The van der Waals surface area contributed by atoms with Crippen LogP contribution in [0.5, 0.6) is 0 Å². The van der Waals surface area contributed by atoms with Gasteiger partial charge in [0.05, 0.1) is 10.6 Å². The molecule has 1 unspecified atom stereocenters. The second-order valence-electron chi connectivity index (χ2n) is 4.34. The first-order valence-electron chi connectivity index (χ1n) is 5.83. The normalized spacial score (nSPS) is 12.7. The zero-order chi connectivity index (χ0) is 13.1. The van der Waals surface area contributed by atoms with Gasteiger partial charge in [-0.3, -0.25) is 0 Å². The predicted molar refractivity (Wildman–Crippen MR) is 71.3 cm³/mol. The lowest BCUT2D eigenvalue weighted by molar-refractivity contribution is 0.587. The van der Waals surface area contributed by atoms with E-state index in [4.69, 9.17) is 0 Å². The minimum Gasteiger partial charge on any atom is -0.312 e. The van der Waals surface area contributed by atoms with E-state index in [1.807, 2.05) is 27.0 Å². The van der Waals surface area contributed by atoms with Crippen molar-refractivity contribution in [1.82, 2.24) is 14.9 Å². The monoisotopic (exact) mass is 265 g/mol. The highest BCUT2D eigenvalue weighted by Gasteiger charge is 2.17. The van der Waals surface area contributed by atoms with Crippen molar-refractivity contribution in [2.45, 2.75) is 26.3 Å². The van der Waals surface area contributed by atoms with Gasteiger partial charge in [0.15, 0.2) is 0 Å². The number of likely N-dealkylation sites (N-methyl/N-ethyl adjacent to an activating group) is 1. The molecular formula is C13H16FN3S. The largest absolute Gasteiger partial charge is 0.312 e. The molecule has 0 aliphatic heterocycles. The first kappa shape index (κ1) is 13.1. The Hall–Kier alpha value is -1.33. The SMILES string of the molecule is CNC(Cc1cc(F)ccc1C)c1snnc1C. The molecule has 96 valence electrons. The zero-order valence-corrected chi connectivity index (χ0v) is 11.5. The van der Waals surface area contributed by atoms with Gasteiger partial charge < -0.3 is 5.32 Å². The second-order valence-corrected chi connectivity index (χ2v) is 5.12. The molecule has 1 aromatic heterocycles. The fourth-order valence-corrected chi connectivity index (χ4v) is 2.72. The van der Waals surface area contributed by atoms with Crippen LogP contribution in [0.15, 0.2) is 18.2 Å². The van der Waals surface area contributed by atoms with Gasteiger partial charge in [-0.2, -0.15) is 0 Å². The second kappa shape index (κ2) is 5.54. The van der Waals surface area contributed by atoms with E-state index in [1.165, 1.54) is 17.6 Å². The summed E-state index contributed by atoms with van der Waals surface area (Å²) in [5, 5.41) is 7.27. The van der Waals surface area contributed by atoms with Crippen molar-refractivity contribution in [3.8, 4) is 0 Å². The van der Waals surface area contributed by atoms with Crippen LogP contribution in [0, 0.1) is 19.7 Å². The zero-order valence-electron chi connectivity index (χ0n) is 10.7. The smallest absolute Gasteiger partial charge is 0.123 e. The minimum absolute atomic E-state index is 0.130. The first-order chi connectivity index (χ1) is 8.61. The van der Waals surface area contributed by atoms with Gasteiger partial charge >= 0.3 is 0 Å². The van der Waals surface area contributed by atoms with Crippen molar-refractivity contribution in [2.24, 2.45) is 0 Å². The minimum atomic E-state index is -0.190. The van der Waals surface area contributed by atoms with Gasteiger partial charge in [0.2, 0.25) is 0 Å². The molecule has 0 saturated carbocycles. The summed E-state index contributed by atoms with van der Waals surface area (Å²) in [6, 6.07) is 5.04. The van der Waals surface area contributed by atoms with Crippen LogP contribution in [-0.4, -0.2) is 16.6 Å². The van der Waals surface area contributed by atoms with Gasteiger partial charge in [0.25, 0.3) is 0 Å². The number of hydrogen-bond acceptors (Lipinski definition) is 4. The first-order valence-corrected chi connectivity index (χ1v) is 6.60. The lowest BCUT2D eigenvalue weighted by Crippen LogP contribution is -2.19. The number of nitrogens with zero attached hydrogens (tertiary/aromatic N) is 2. The van der Waals surface area contributed by atoms with Gasteiger partial charge in [-0.25, -0.2) is 4.39 Å². The number of hydrogen-bond donors (Lipinski definition) is 1. The lowest BCUT2D eigenvalue weighted by atomic mass is 9.99. The van der Waals surface area contributed by atoms with Crippen LogP contribution in [0.2, 0.25) is 0 Å². The van der Waals surface area contributed by atoms with Crippen molar-refractivity contribution < 1.29 is 4.39 Å². The molecule has 0 fully saturated rings. The maximum Gasteiger partial charge on any atom is 0.123 e. The molecule has 0 saturated heterocycles. The molecule has 0 aliphatic carbocycles. The summed E-state index contributed by atoms with van der Waals surface area (Å²) >= 11 is 1.39. The Morgan fingerprint density at radius 2 is 2.17 bits per heavy atom. The van der Waals surface area contributed by atoms with Crippen molar-refractivity contribution in [3.05, 3.63) is 45.7 Å². The van der Waals surface area contributed by atoms with Crippen molar-refractivity contribution in [2.75, 3.05) is 7.05 Å². The summed E-state index contributed by atoms with van der Waals surface area (Å²) in [6.45, 7) is 3.95. The van der Waals surface area contributed by atoms with Crippen LogP contribution in [0.4, 0.5) is 4.39 Å². The van der Waals surface area contributed by atoms with Crippen LogP contribution in [0.25, 0.3) is 0 Å². The molecule has 2 rings (SSSR count). The van der Waals surface area contributed by atoms with E-state index in [9.17, 15) is 4.39 Å². The molecular weight excluding hydrogens is 249 g/mol. The van der Waals surface area contributed by atoms with Crippen LogP contribution in [0.1, 0.15) is 27.7 Å².